The van der Waals surface area contributed by atoms with Gasteiger partial charge < -0.3 is 5.73 Å². The Bertz CT molecular complexity index is 652. The van der Waals surface area contributed by atoms with Gasteiger partial charge in [0.1, 0.15) is 5.82 Å². The lowest BCUT2D eigenvalue weighted by molar-refractivity contribution is 0.627. The summed E-state index contributed by atoms with van der Waals surface area (Å²) < 4.78 is 12.9. The van der Waals surface area contributed by atoms with Crippen LogP contribution in [0.1, 0.15) is 11.1 Å². The van der Waals surface area contributed by atoms with Crippen molar-refractivity contribution in [2.45, 2.75) is 10.6 Å². The van der Waals surface area contributed by atoms with Crippen LogP contribution in [0.25, 0.3) is 0 Å². The second-order valence-electron chi connectivity index (χ2n) is 3.89. The summed E-state index contributed by atoms with van der Waals surface area (Å²) in [5.74, 6) is 0.263. The third kappa shape index (κ3) is 3.40. The molecule has 0 saturated carbocycles. The van der Waals surface area contributed by atoms with Crippen molar-refractivity contribution in [3.63, 3.8) is 0 Å². The summed E-state index contributed by atoms with van der Waals surface area (Å²) in [6.07, 6.45) is 0. The van der Waals surface area contributed by atoms with Crippen LogP contribution in [0, 0.1) is 17.1 Å². The SMILES string of the molecule is N#Cc1ccc(CSc2ccc(F)cc2N)c(Cl)c1. The molecule has 0 unspecified atom stereocenters. The van der Waals surface area contributed by atoms with Gasteiger partial charge in [-0.25, -0.2) is 4.39 Å². The van der Waals surface area contributed by atoms with E-state index in [1.807, 2.05) is 12.1 Å². The number of nitrogens with zero attached hydrogens (tertiary/aromatic N) is 1. The minimum atomic E-state index is -0.349. The Morgan fingerprint density at radius 3 is 2.68 bits per heavy atom. The van der Waals surface area contributed by atoms with Crippen molar-refractivity contribution in [1.82, 2.24) is 0 Å². The standard InChI is InChI=1S/C14H10ClFN2S/c15-12-5-9(7-17)1-2-10(12)8-19-14-4-3-11(16)6-13(14)18/h1-6H,8,18H2. The third-order valence-corrected chi connectivity index (χ3v) is 4.03. The molecule has 2 N–H and O–H groups in total. The molecule has 0 spiro atoms. The molecule has 0 aliphatic rings. The van der Waals surface area contributed by atoms with Crippen LogP contribution in [0.3, 0.4) is 0 Å². The molecule has 2 aromatic rings. The number of anilines is 1. The minimum Gasteiger partial charge on any atom is -0.398 e. The van der Waals surface area contributed by atoms with E-state index < -0.39 is 0 Å². The lowest BCUT2D eigenvalue weighted by atomic mass is 10.2. The molecule has 2 rings (SSSR count). The maximum atomic E-state index is 12.9. The highest BCUT2D eigenvalue weighted by molar-refractivity contribution is 7.98. The Balaban J connectivity index is 2.13. The molecule has 0 heterocycles. The average Bonchev–Trinajstić information content (AvgIpc) is 2.39. The smallest absolute Gasteiger partial charge is 0.125 e. The summed E-state index contributed by atoms with van der Waals surface area (Å²) in [5, 5.41) is 9.31. The van der Waals surface area contributed by atoms with E-state index in [-0.39, 0.29) is 5.82 Å². The van der Waals surface area contributed by atoms with E-state index >= 15 is 0 Å². The summed E-state index contributed by atoms with van der Waals surface area (Å²) in [6.45, 7) is 0. The fraction of sp³-hybridized carbons (Fsp3) is 0.0714. The van der Waals surface area contributed by atoms with E-state index in [1.165, 1.54) is 23.9 Å². The monoisotopic (exact) mass is 292 g/mol. The molecule has 0 aliphatic heterocycles. The Kier molecular flexibility index (Phi) is 4.31. The number of hydrogen-bond donors (Lipinski definition) is 1. The number of nitrogen functional groups attached to an aromatic ring is 1. The number of nitriles is 1. The largest absolute Gasteiger partial charge is 0.398 e. The second kappa shape index (κ2) is 5.96. The van der Waals surface area contributed by atoms with Gasteiger partial charge in [-0.15, -0.1) is 11.8 Å². The predicted octanol–water partition coefficient (Wildman–Crippen LogP) is 4.23. The molecule has 96 valence electrons. The molecular formula is C14H10ClFN2S. The Labute approximate surface area is 120 Å². The molecule has 0 aliphatic carbocycles. The molecule has 0 fully saturated rings. The normalized spacial score (nSPS) is 10.2. The topological polar surface area (TPSA) is 49.8 Å². The van der Waals surface area contributed by atoms with Gasteiger partial charge in [0.05, 0.1) is 11.6 Å². The molecule has 0 saturated heterocycles. The van der Waals surface area contributed by atoms with Crippen LogP contribution in [-0.4, -0.2) is 0 Å². The van der Waals surface area contributed by atoms with Crippen molar-refractivity contribution < 1.29 is 4.39 Å². The quantitative estimate of drug-likeness (QED) is 0.680. The van der Waals surface area contributed by atoms with Gasteiger partial charge in [-0.2, -0.15) is 5.26 Å². The third-order valence-electron chi connectivity index (χ3n) is 2.54. The van der Waals surface area contributed by atoms with Crippen LogP contribution in [0.15, 0.2) is 41.3 Å². The van der Waals surface area contributed by atoms with Gasteiger partial charge in [-0.3, -0.25) is 0 Å². The van der Waals surface area contributed by atoms with Gasteiger partial charge in [0.25, 0.3) is 0 Å². The molecule has 5 heteroatoms. The van der Waals surface area contributed by atoms with Crippen molar-refractivity contribution in [1.29, 1.82) is 5.26 Å². The average molecular weight is 293 g/mol. The first-order chi connectivity index (χ1) is 9.10. The van der Waals surface area contributed by atoms with E-state index in [4.69, 9.17) is 22.6 Å². The fourth-order valence-electron chi connectivity index (χ4n) is 1.54. The number of hydrogen-bond acceptors (Lipinski definition) is 3. The van der Waals surface area contributed by atoms with E-state index in [0.29, 0.717) is 22.0 Å². The van der Waals surface area contributed by atoms with Crippen LogP contribution in [-0.2, 0) is 5.75 Å². The maximum Gasteiger partial charge on any atom is 0.125 e. The summed E-state index contributed by atoms with van der Waals surface area (Å²) in [4.78, 5) is 0.807. The molecule has 0 radical (unpaired) electrons. The number of rotatable bonds is 3. The van der Waals surface area contributed by atoms with Crippen molar-refractivity contribution >= 4 is 29.1 Å². The number of thioether (sulfide) groups is 1. The van der Waals surface area contributed by atoms with E-state index in [1.54, 1.807) is 18.2 Å². The zero-order chi connectivity index (χ0) is 13.8. The van der Waals surface area contributed by atoms with Gasteiger partial charge in [0.15, 0.2) is 0 Å². The highest BCUT2D eigenvalue weighted by Crippen LogP contribution is 2.31. The van der Waals surface area contributed by atoms with Gasteiger partial charge in [0.2, 0.25) is 0 Å². The van der Waals surface area contributed by atoms with Gasteiger partial charge in [-0.1, -0.05) is 17.7 Å². The first-order valence-corrected chi connectivity index (χ1v) is 6.83. The van der Waals surface area contributed by atoms with Gasteiger partial charge >= 0.3 is 0 Å². The predicted molar refractivity (Wildman–Crippen MR) is 76.5 cm³/mol. The number of nitrogens with two attached hydrogens (primary N) is 1. The molecule has 0 atom stereocenters. The van der Waals surface area contributed by atoms with Crippen LogP contribution < -0.4 is 5.73 Å². The van der Waals surface area contributed by atoms with Crippen LogP contribution >= 0.6 is 23.4 Å². The van der Waals surface area contributed by atoms with Crippen LogP contribution in [0.4, 0.5) is 10.1 Å². The molecule has 0 aromatic heterocycles. The Morgan fingerprint density at radius 1 is 1.26 bits per heavy atom. The fourth-order valence-corrected chi connectivity index (χ4v) is 2.82. The zero-order valence-electron chi connectivity index (χ0n) is 9.86. The number of benzene rings is 2. The molecule has 2 aromatic carbocycles. The van der Waals surface area contributed by atoms with Gasteiger partial charge in [0, 0.05) is 21.4 Å². The summed E-state index contributed by atoms with van der Waals surface area (Å²) in [5.41, 5.74) is 7.58. The number of halogens is 2. The highest BCUT2D eigenvalue weighted by Gasteiger charge is 2.06. The van der Waals surface area contributed by atoms with E-state index in [2.05, 4.69) is 0 Å². The van der Waals surface area contributed by atoms with E-state index in [9.17, 15) is 4.39 Å². The van der Waals surface area contributed by atoms with Crippen molar-refractivity contribution in [3.8, 4) is 6.07 Å². The molecular weight excluding hydrogens is 283 g/mol. The van der Waals surface area contributed by atoms with Gasteiger partial charge in [-0.05, 0) is 35.9 Å². The van der Waals surface area contributed by atoms with Crippen molar-refractivity contribution in [2.75, 3.05) is 5.73 Å². The first-order valence-electron chi connectivity index (χ1n) is 5.46. The lowest BCUT2D eigenvalue weighted by Gasteiger charge is -2.07. The Morgan fingerprint density at radius 2 is 2.05 bits per heavy atom. The molecule has 0 bridgehead atoms. The molecule has 19 heavy (non-hydrogen) atoms. The Hall–Kier alpha value is -1.70. The molecule has 0 amide bonds. The summed E-state index contributed by atoms with van der Waals surface area (Å²) in [7, 11) is 0. The minimum absolute atomic E-state index is 0.349. The zero-order valence-corrected chi connectivity index (χ0v) is 11.4. The van der Waals surface area contributed by atoms with Crippen molar-refractivity contribution in [2.24, 2.45) is 0 Å². The molecule has 2 nitrogen and oxygen atoms in total. The van der Waals surface area contributed by atoms with Crippen molar-refractivity contribution in [3.05, 3.63) is 58.4 Å². The lowest BCUT2D eigenvalue weighted by Crippen LogP contribution is -1.91. The van der Waals surface area contributed by atoms with Crippen LogP contribution in [0.5, 0.6) is 0 Å². The summed E-state index contributed by atoms with van der Waals surface area (Å²) >= 11 is 7.56. The second-order valence-corrected chi connectivity index (χ2v) is 5.31. The first kappa shape index (κ1) is 13.7. The van der Waals surface area contributed by atoms with Crippen LogP contribution in [0.2, 0.25) is 5.02 Å². The van der Waals surface area contributed by atoms with E-state index in [0.717, 1.165) is 10.5 Å². The maximum absolute atomic E-state index is 12.9. The highest BCUT2D eigenvalue weighted by atomic mass is 35.5. The summed E-state index contributed by atoms with van der Waals surface area (Å²) in [6, 6.07) is 11.5.